The van der Waals surface area contributed by atoms with E-state index in [9.17, 15) is 0 Å². The molecular formula is C19H36N4O2. The minimum atomic E-state index is 0.266. The molecule has 0 aromatic heterocycles. The molecule has 0 bridgehead atoms. The van der Waals surface area contributed by atoms with Gasteiger partial charge in [-0.05, 0) is 38.6 Å². The molecule has 2 saturated heterocycles. The lowest BCUT2D eigenvalue weighted by molar-refractivity contribution is -0.0453. The summed E-state index contributed by atoms with van der Waals surface area (Å²) < 4.78 is 12.0. The molecule has 3 aliphatic rings. The molecular weight excluding hydrogens is 316 g/mol. The van der Waals surface area contributed by atoms with Crippen molar-refractivity contribution in [1.82, 2.24) is 15.5 Å². The van der Waals surface area contributed by atoms with E-state index in [2.05, 4.69) is 20.5 Å². The normalized spacial score (nSPS) is 28.8. The predicted octanol–water partition coefficient (Wildman–Crippen LogP) is 1.75. The first-order valence-corrected chi connectivity index (χ1v) is 10.3. The summed E-state index contributed by atoms with van der Waals surface area (Å²) in [5.74, 6) is 0.866. The molecule has 144 valence electrons. The van der Waals surface area contributed by atoms with Crippen molar-refractivity contribution in [3.05, 3.63) is 0 Å². The van der Waals surface area contributed by atoms with Gasteiger partial charge in [0.2, 0.25) is 0 Å². The van der Waals surface area contributed by atoms with Crippen LogP contribution in [0.15, 0.2) is 4.99 Å². The topological polar surface area (TPSA) is 58.1 Å². The largest absolute Gasteiger partial charge is 0.378 e. The molecule has 25 heavy (non-hydrogen) atoms. The van der Waals surface area contributed by atoms with Crippen LogP contribution < -0.4 is 10.6 Å². The molecule has 2 atom stereocenters. The van der Waals surface area contributed by atoms with Crippen molar-refractivity contribution < 1.29 is 9.47 Å². The number of aliphatic imine (C=N–C) groups is 1. The fourth-order valence-electron chi connectivity index (χ4n) is 4.20. The lowest BCUT2D eigenvalue weighted by atomic mass is 9.98. The molecule has 2 unspecified atom stereocenters. The Hall–Kier alpha value is -0.850. The average Bonchev–Trinajstić information content (AvgIpc) is 3.12. The number of guanidine groups is 1. The fourth-order valence-corrected chi connectivity index (χ4v) is 4.20. The average molecular weight is 353 g/mol. The Labute approximate surface area is 152 Å². The predicted molar refractivity (Wildman–Crippen MR) is 101 cm³/mol. The van der Waals surface area contributed by atoms with Crippen LogP contribution in [-0.2, 0) is 9.47 Å². The van der Waals surface area contributed by atoms with Gasteiger partial charge < -0.3 is 20.1 Å². The number of morpholine rings is 1. The summed E-state index contributed by atoms with van der Waals surface area (Å²) in [5.41, 5.74) is 0. The highest BCUT2D eigenvalue weighted by Crippen LogP contribution is 2.22. The molecule has 0 spiro atoms. The maximum absolute atomic E-state index is 5.99. The summed E-state index contributed by atoms with van der Waals surface area (Å²) >= 11 is 0. The van der Waals surface area contributed by atoms with Gasteiger partial charge in [0.25, 0.3) is 0 Å². The summed E-state index contributed by atoms with van der Waals surface area (Å²) in [6.45, 7) is 5.73. The summed E-state index contributed by atoms with van der Waals surface area (Å²) in [5, 5.41) is 6.79. The van der Waals surface area contributed by atoms with Crippen molar-refractivity contribution in [2.24, 2.45) is 4.99 Å². The van der Waals surface area contributed by atoms with Gasteiger partial charge >= 0.3 is 0 Å². The fraction of sp³-hybridized carbons (Fsp3) is 0.947. The first-order chi connectivity index (χ1) is 12.3. The molecule has 1 aliphatic carbocycles. The third-order valence-corrected chi connectivity index (χ3v) is 5.70. The lowest BCUT2D eigenvalue weighted by Gasteiger charge is -2.35. The third kappa shape index (κ3) is 6.12. The Morgan fingerprint density at radius 1 is 1.16 bits per heavy atom. The van der Waals surface area contributed by atoms with E-state index in [1.807, 2.05) is 7.05 Å². The molecule has 1 saturated carbocycles. The van der Waals surface area contributed by atoms with Crippen LogP contribution in [0.5, 0.6) is 0 Å². The Balaban J connectivity index is 1.24. The van der Waals surface area contributed by atoms with Gasteiger partial charge in [0.15, 0.2) is 5.96 Å². The van der Waals surface area contributed by atoms with E-state index in [0.29, 0.717) is 12.1 Å². The molecule has 0 aromatic rings. The van der Waals surface area contributed by atoms with Gasteiger partial charge in [0, 0.05) is 39.3 Å². The van der Waals surface area contributed by atoms with Crippen LogP contribution in [0, 0.1) is 0 Å². The molecule has 6 nitrogen and oxygen atoms in total. The van der Waals surface area contributed by atoms with Crippen LogP contribution in [0.25, 0.3) is 0 Å². The number of rotatable bonds is 7. The van der Waals surface area contributed by atoms with Crippen LogP contribution in [-0.4, -0.2) is 75.5 Å². The molecule has 2 N–H and O–H groups in total. The number of nitrogens with zero attached hydrogens (tertiary/aromatic N) is 2. The molecule has 2 aliphatic heterocycles. The smallest absolute Gasteiger partial charge is 0.191 e. The Bertz CT molecular complexity index is 412. The Kier molecular flexibility index (Phi) is 7.82. The van der Waals surface area contributed by atoms with E-state index >= 15 is 0 Å². The first kappa shape index (κ1) is 18.9. The second kappa shape index (κ2) is 10.3. The molecule has 6 heteroatoms. The highest BCUT2D eigenvalue weighted by molar-refractivity contribution is 5.79. The lowest BCUT2D eigenvalue weighted by Crippen LogP contribution is -2.51. The van der Waals surface area contributed by atoms with Crippen LogP contribution in [0.2, 0.25) is 0 Å². The standard InChI is InChI=1S/C19H36N4O2/c1-20-19(21-10-6-12-24-17-8-3-2-4-9-17)22-13-18-14-23-11-5-7-16(23)15-25-18/h16-18H,2-15H2,1H3,(H2,20,21,22). The molecule has 0 radical (unpaired) electrons. The zero-order valence-electron chi connectivity index (χ0n) is 15.8. The van der Waals surface area contributed by atoms with E-state index in [1.165, 1.54) is 51.5 Å². The maximum atomic E-state index is 5.99. The van der Waals surface area contributed by atoms with Crippen molar-refractivity contribution in [1.29, 1.82) is 0 Å². The van der Waals surface area contributed by atoms with Gasteiger partial charge in [0.1, 0.15) is 0 Å². The van der Waals surface area contributed by atoms with Crippen LogP contribution in [0.3, 0.4) is 0 Å². The van der Waals surface area contributed by atoms with Gasteiger partial charge in [-0.3, -0.25) is 9.89 Å². The van der Waals surface area contributed by atoms with Crippen LogP contribution >= 0.6 is 0 Å². The minimum Gasteiger partial charge on any atom is -0.378 e. The number of ether oxygens (including phenoxy) is 2. The van der Waals surface area contributed by atoms with Crippen molar-refractivity contribution in [2.75, 3.05) is 46.4 Å². The van der Waals surface area contributed by atoms with E-state index in [4.69, 9.17) is 9.47 Å². The minimum absolute atomic E-state index is 0.266. The van der Waals surface area contributed by atoms with Crippen molar-refractivity contribution >= 4 is 5.96 Å². The van der Waals surface area contributed by atoms with Gasteiger partial charge in [-0.15, -0.1) is 0 Å². The first-order valence-electron chi connectivity index (χ1n) is 10.3. The monoisotopic (exact) mass is 352 g/mol. The molecule has 0 aromatic carbocycles. The van der Waals surface area contributed by atoms with Crippen molar-refractivity contribution in [3.8, 4) is 0 Å². The SMILES string of the molecule is CN=C(NCCCOC1CCCCC1)NCC1CN2CCCC2CO1. The summed E-state index contributed by atoms with van der Waals surface area (Å²) in [4.78, 5) is 6.89. The maximum Gasteiger partial charge on any atom is 0.191 e. The van der Waals surface area contributed by atoms with Crippen molar-refractivity contribution in [3.63, 3.8) is 0 Å². The number of hydrogen-bond donors (Lipinski definition) is 2. The zero-order valence-corrected chi connectivity index (χ0v) is 15.8. The van der Waals surface area contributed by atoms with E-state index in [1.54, 1.807) is 0 Å². The van der Waals surface area contributed by atoms with Gasteiger partial charge in [0.05, 0.1) is 18.8 Å². The highest BCUT2D eigenvalue weighted by Gasteiger charge is 2.32. The Morgan fingerprint density at radius 3 is 2.88 bits per heavy atom. The molecule has 3 rings (SSSR count). The summed E-state index contributed by atoms with van der Waals surface area (Å²) in [7, 11) is 1.83. The quantitative estimate of drug-likeness (QED) is 0.415. The van der Waals surface area contributed by atoms with Crippen LogP contribution in [0.1, 0.15) is 51.4 Å². The third-order valence-electron chi connectivity index (χ3n) is 5.70. The second-order valence-corrected chi connectivity index (χ2v) is 7.61. The molecule has 0 amide bonds. The zero-order chi connectivity index (χ0) is 17.3. The molecule has 2 heterocycles. The second-order valence-electron chi connectivity index (χ2n) is 7.61. The number of fused-ring (bicyclic) bond motifs is 1. The van der Waals surface area contributed by atoms with Gasteiger partial charge in [-0.1, -0.05) is 19.3 Å². The van der Waals surface area contributed by atoms with E-state index in [0.717, 1.165) is 45.2 Å². The van der Waals surface area contributed by atoms with Gasteiger partial charge in [-0.2, -0.15) is 0 Å². The van der Waals surface area contributed by atoms with E-state index < -0.39 is 0 Å². The highest BCUT2D eigenvalue weighted by atomic mass is 16.5. The molecule has 3 fully saturated rings. The number of nitrogens with one attached hydrogen (secondary N) is 2. The number of hydrogen-bond acceptors (Lipinski definition) is 4. The summed E-state index contributed by atoms with van der Waals surface area (Å²) in [6.07, 6.45) is 10.9. The summed E-state index contributed by atoms with van der Waals surface area (Å²) in [6, 6.07) is 0.665. The van der Waals surface area contributed by atoms with E-state index in [-0.39, 0.29) is 6.10 Å². The van der Waals surface area contributed by atoms with Gasteiger partial charge in [-0.25, -0.2) is 0 Å². The Morgan fingerprint density at radius 2 is 2.04 bits per heavy atom. The van der Waals surface area contributed by atoms with Crippen LogP contribution in [0.4, 0.5) is 0 Å². The van der Waals surface area contributed by atoms with Crippen molar-refractivity contribution in [2.45, 2.75) is 69.6 Å².